The summed E-state index contributed by atoms with van der Waals surface area (Å²) in [6.45, 7) is 0. The van der Waals surface area contributed by atoms with Crippen molar-refractivity contribution in [2.75, 3.05) is 0 Å². The summed E-state index contributed by atoms with van der Waals surface area (Å²) in [5, 5.41) is 0. The van der Waals surface area contributed by atoms with Gasteiger partial charge in [0.2, 0.25) is 0 Å². The fourth-order valence-corrected chi connectivity index (χ4v) is 3.68. The van der Waals surface area contributed by atoms with E-state index in [4.69, 9.17) is 0 Å². The van der Waals surface area contributed by atoms with E-state index in [-0.39, 0.29) is 18.0 Å². The van der Waals surface area contributed by atoms with Gasteiger partial charge in [0.25, 0.3) is 5.91 Å². The fourth-order valence-electron chi connectivity index (χ4n) is 3.28. The van der Waals surface area contributed by atoms with Gasteiger partial charge in [0.05, 0.1) is 0 Å². The molecule has 0 aliphatic carbocycles. The van der Waals surface area contributed by atoms with Crippen LogP contribution in [0.5, 0.6) is 0 Å². The number of nitrogens with zero attached hydrogens (tertiary/aromatic N) is 1. The molecule has 2 bridgehead atoms. The van der Waals surface area contributed by atoms with E-state index < -0.39 is 0 Å². The first-order chi connectivity index (χ1) is 9.15. The van der Waals surface area contributed by atoms with Crippen molar-refractivity contribution in [3.8, 4) is 0 Å². The number of fused-ring (bicyclic) bond motifs is 2. The number of carbonyl (C=O) groups is 2. The van der Waals surface area contributed by atoms with Crippen LogP contribution < -0.4 is 0 Å². The first-order valence-electron chi connectivity index (χ1n) is 6.75. The van der Waals surface area contributed by atoms with Crippen LogP contribution in [0.2, 0.25) is 0 Å². The molecule has 1 amide bonds. The predicted octanol–water partition coefficient (Wildman–Crippen LogP) is 3.18. The van der Waals surface area contributed by atoms with E-state index in [0.717, 1.165) is 23.7 Å². The molecule has 0 radical (unpaired) electrons. The van der Waals surface area contributed by atoms with Crippen LogP contribution in [-0.2, 0) is 4.79 Å². The summed E-state index contributed by atoms with van der Waals surface area (Å²) in [4.78, 5) is 26.3. The van der Waals surface area contributed by atoms with Crippen LogP contribution in [0.15, 0.2) is 28.7 Å². The molecule has 2 aliphatic heterocycles. The van der Waals surface area contributed by atoms with Gasteiger partial charge in [-0.25, -0.2) is 0 Å². The first-order valence-corrected chi connectivity index (χ1v) is 7.54. The van der Waals surface area contributed by atoms with Gasteiger partial charge in [0.15, 0.2) is 0 Å². The van der Waals surface area contributed by atoms with Crippen LogP contribution in [0, 0.1) is 0 Å². The standard InChI is InChI=1S/C15H16BrNO2/c16-11-4-1-3-10(7-11)15(19)17-12-5-2-6-13(17)9-14(18)8-12/h1,3-4,7,12-13H,2,5-6,8-9H2. The average molecular weight is 322 g/mol. The maximum atomic E-state index is 12.7. The van der Waals surface area contributed by atoms with Gasteiger partial charge < -0.3 is 4.90 Å². The highest BCUT2D eigenvalue weighted by Gasteiger charge is 2.40. The van der Waals surface area contributed by atoms with Crippen LogP contribution in [0.25, 0.3) is 0 Å². The number of hydrogen-bond donors (Lipinski definition) is 0. The Bertz CT molecular complexity index is 513. The van der Waals surface area contributed by atoms with Crippen LogP contribution in [0.4, 0.5) is 0 Å². The third-order valence-corrected chi connectivity index (χ3v) is 4.59. The molecule has 3 nitrogen and oxygen atoms in total. The van der Waals surface area contributed by atoms with Crippen molar-refractivity contribution in [1.82, 2.24) is 4.90 Å². The van der Waals surface area contributed by atoms with Crippen molar-refractivity contribution >= 4 is 27.6 Å². The Labute approximate surface area is 121 Å². The highest BCUT2D eigenvalue weighted by atomic mass is 79.9. The number of piperidine rings is 2. The monoisotopic (exact) mass is 321 g/mol. The Hall–Kier alpha value is -1.16. The quantitative estimate of drug-likeness (QED) is 0.796. The van der Waals surface area contributed by atoms with Crippen LogP contribution in [0.3, 0.4) is 0 Å². The Kier molecular flexibility index (Phi) is 3.44. The van der Waals surface area contributed by atoms with Crippen molar-refractivity contribution in [2.45, 2.75) is 44.2 Å². The van der Waals surface area contributed by atoms with Crippen molar-refractivity contribution in [3.63, 3.8) is 0 Å². The SMILES string of the molecule is O=C1CC2CCCC(C1)N2C(=O)c1cccc(Br)c1. The molecular formula is C15H16BrNO2. The van der Waals surface area contributed by atoms with Gasteiger partial charge in [-0.1, -0.05) is 22.0 Å². The number of carbonyl (C=O) groups excluding carboxylic acids is 2. The lowest BCUT2D eigenvalue weighted by molar-refractivity contribution is -0.125. The van der Waals surface area contributed by atoms with E-state index in [2.05, 4.69) is 15.9 Å². The number of ketones is 1. The fraction of sp³-hybridized carbons (Fsp3) is 0.467. The Morgan fingerprint density at radius 1 is 1.21 bits per heavy atom. The predicted molar refractivity (Wildman–Crippen MR) is 76.0 cm³/mol. The number of benzene rings is 1. The molecule has 2 atom stereocenters. The van der Waals surface area contributed by atoms with E-state index in [1.807, 2.05) is 29.2 Å². The molecule has 4 heteroatoms. The minimum atomic E-state index is 0.0727. The summed E-state index contributed by atoms with van der Waals surface area (Å²) >= 11 is 3.40. The molecule has 2 unspecified atom stereocenters. The van der Waals surface area contributed by atoms with Crippen molar-refractivity contribution in [2.24, 2.45) is 0 Å². The Morgan fingerprint density at radius 2 is 1.89 bits per heavy atom. The molecule has 0 spiro atoms. The summed E-state index contributed by atoms with van der Waals surface area (Å²) in [7, 11) is 0. The summed E-state index contributed by atoms with van der Waals surface area (Å²) in [5.41, 5.74) is 0.709. The van der Waals surface area contributed by atoms with E-state index in [9.17, 15) is 9.59 Å². The van der Waals surface area contributed by atoms with Crippen molar-refractivity contribution < 1.29 is 9.59 Å². The first kappa shape index (κ1) is 12.9. The average Bonchev–Trinajstić information content (AvgIpc) is 2.37. The largest absolute Gasteiger partial charge is 0.332 e. The van der Waals surface area contributed by atoms with Crippen LogP contribution in [0.1, 0.15) is 42.5 Å². The molecule has 2 saturated heterocycles. The molecular weight excluding hydrogens is 306 g/mol. The normalized spacial score (nSPS) is 26.4. The summed E-state index contributed by atoms with van der Waals surface area (Å²) in [6, 6.07) is 7.73. The zero-order valence-electron chi connectivity index (χ0n) is 10.6. The van der Waals surface area contributed by atoms with E-state index in [1.165, 1.54) is 0 Å². The summed E-state index contributed by atoms with van der Waals surface area (Å²) < 4.78 is 0.914. The Morgan fingerprint density at radius 3 is 2.53 bits per heavy atom. The third kappa shape index (κ3) is 2.46. The third-order valence-electron chi connectivity index (χ3n) is 4.09. The van der Waals surface area contributed by atoms with Gasteiger partial charge in [-0.15, -0.1) is 0 Å². The van der Waals surface area contributed by atoms with Gasteiger partial charge >= 0.3 is 0 Å². The molecule has 3 rings (SSSR count). The van der Waals surface area contributed by atoms with Gasteiger partial charge in [-0.3, -0.25) is 9.59 Å². The zero-order chi connectivity index (χ0) is 13.4. The van der Waals surface area contributed by atoms with Crippen LogP contribution >= 0.6 is 15.9 Å². The molecule has 0 N–H and O–H groups in total. The zero-order valence-corrected chi connectivity index (χ0v) is 12.2. The molecule has 2 fully saturated rings. The topological polar surface area (TPSA) is 37.4 Å². The van der Waals surface area contributed by atoms with Crippen LogP contribution in [-0.4, -0.2) is 28.7 Å². The maximum Gasteiger partial charge on any atom is 0.254 e. The molecule has 1 aromatic rings. The van der Waals surface area contributed by atoms with Gasteiger partial charge in [0.1, 0.15) is 5.78 Å². The molecule has 0 aromatic heterocycles. The lowest BCUT2D eigenvalue weighted by Gasteiger charge is -2.45. The van der Waals surface area contributed by atoms with E-state index >= 15 is 0 Å². The summed E-state index contributed by atoms with van der Waals surface area (Å²) in [6.07, 6.45) is 4.13. The minimum Gasteiger partial charge on any atom is -0.332 e. The highest BCUT2D eigenvalue weighted by Crippen LogP contribution is 2.33. The second kappa shape index (κ2) is 5.08. The molecule has 2 heterocycles. The second-order valence-corrected chi connectivity index (χ2v) is 6.32. The van der Waals surface area contributed by atoms with E-state index in [1.54, 1.807) is 0 Å². The molecule has 19 heavy (non-hydrogen) atoms. The van der Waals surface area contributed by atoms with Crippen molar-refractivity contribution in [1.29, 1.82) is 0 Å². The lowest BCUT2D eigenvalue weighted by atomic mass is 9.83. The molecule has 2 aliphatic rings. The maximum absolute atomic E-state index is 12.7. The molecule has 100 valence electrons. The Balaban J connectivity index is 1.89. The number of Topliss-reactive ketones (excluding diaryl/α,β-unsaturated/α-hetero) is 1. The van der Waals surface area contributed by atoms with Gasteiger partial charge in [-0.2, -0.15) is 0 Å². The number of amides is 1. The number of rotatable bonds is 1. The molecule has 1 aromatic carbocycles. The number of hydrogen-bond acceptors (Lipinski definition) is 2. The highest BCUT2D eigenvalue weighted by molar-refractivity contribution is 9.10. The van der Waals surface area contributed by atoms with E-state index in [0.29, 0.717) is 24.2 Å². The lowest BCUT2D eigenvalue weighted by Crippen LogP contribution is -2.54. The summed E-state index contributed by atoms with van der Waals surface area (Å²) in [5.74, 6) is 0.386. The van der Waals surface area contributed by atoms with Gasteiger partial charge in [-0.05, 0) is 37.5 Å². The van der Waals surface area contributed by atoms with Crippen molar-refractivity contribution in [3.05, 3.63) is 34.3 Å². The second-order valence-electron chi connectivity index (χ2n) is 5.41. The minimum absolute atomic E-state index is 0.0727. The van der Waals surface area contributed by atoms with Gasteiger partial charge in [0, 0.05) is 35.0 Å². The molecule has 0 saturated carbocycles. The number of halogens is 1. The smallest absolute Gasteiger partial charge is 0.254 e.